The molecule has 0 atom stereocenters. The minimum Gasteiger partial charge on any atom is -0.309 e. The maximum Gasteiger partial charge on any atom is 0.266 e. The van der Waals surface area contributed by atoms with Gasteiger partial charge in [-0.2, -0.15) is 0 Å². The largest absolute Gasteiger partial charge is 0.309 e. The number of carbonyl (C=O) groups is 4. The second-order valence-corrected chi connectivity index (χ2v) is 11.9. The lowest BCUT2D eigenvalue weighted by Crippen LogP contribution is -2.29. The molecule has 3 aliphatic rings. The van der Waals surface area contributed by atoms with Gasteiger partial charge in [0.2, 0.25) is 0 Å². The van der Waals surface area contributed by atoms with Crippen molar-refractivity contribution in [3.8, 4) is 0 Å². The van der Waals surface area contributed by atoms with Crippen molar-refractivity contribution < 1.29 is 19.2 Å². The van der Waals surface area contributed by atoms with Crippen molar-refractivity contribution in [1.82, 2.24) is 9.97 Å². The Hall–Kier alpha value is -4.63. The van der Waals surface area contributed by atoms with Gasteiger partial charge in [0.1, 0.15) is 11.7 Å². The lowest BCUT2D eigenvalue weighted by Gasteiger charge is -2.16. The summed E-state index contributed by atoms with van der Waals surface area (Å²) in [6.07, 6.45) is 6.45. The Labute approximate surface area is 244 Å². The number of aromatic nitrogens is 2. The molecule has 208 valence electrons. The summed E-state index contributed by atoms with van der Waals surface area (Å²) in [5, 5.41) is 0.342. The molecule has 0 unspecified atom stereocenters. The molecular weight excluding hydrogens is 550 g/mol. The summed E-state index contributed by atoms with van der Waals surface area (Å²) < 4.78 is 0. The number of hydrogen-bond acceptors (Lipinski definition) is 7. The first-order valence-electron chi connectivity index (χ1n) is 13.9. The van der Waals surface area contributed by atoms with Crippen molar-refractivity contribution in [1.29, 1.82) is 0 Å². The van der Waals surface area contributed by atoms with Gasteiger partial charge in [-0.3, -0.25) is 24.0 Å². The number of anilines is 1. The topological polar surface area (TPSA) is 117 Å². The van der Waals surface area contributed by atoms with E-state index in [2.05, 4.69) is 16.5 Å². The number of thioether (sulfide) groups is 1. The SMILES string of the molecule is C=CCSc1ccc2nc(C3C(=O)c4cc5c(cc4C3=O)C(=O)N(c3ccc(C4CCCC4)cc3)C5=O)[nH]c(=O)c2c1. The molecule has 7 rings (SSSR count). The Morgan fingerprint density at radius 3 is 2.12 bits per heavy atom. The summed E-state index contributed by atoms with van der Waals surface area (Å²) in [5.41, 5.74) is 1.77. The van der Waals surface area contributed by atoms with Crippen LogP contribution in [-0.2, 0) is 0 Å². The van der Waals surface area contributed by atoms with Gasteiger partial charge in [0.05, 0.1) is 27.7 Å². The number of fused-ring (bicyclic) bond motifs is 3. The molecule has 42 heavy (non-hydrogen) atoms. The van der Waals surface area contributed by atoms with Gasteiger partial charge in [-0.25, -0.2) is 9.88 Å². The highest BCUT2D eigenvalue weighted by atomic mass is 32.2. The van der Waals surface area contributed by atoms with E-state index in [1.807, 2.05) is 18.2 Å². The number of hydrogen-bond donors (Lipinski definition) is 1. The fraction of sp³-hybridized carbons (Fsp3) is 0.212. The fourth-order valence-electron chi connectivity index (χ4n) is 6.28. The van der Waals surface area contributed by atoms with Gasteiger partial charge < -0.3 is 4.98 Å². The molecule has 8 nitrogen and oxygen atoms in total. The second-order valence-electron chi connectivity index (χ2n) is 10.9. The molecule has 2 aliphatic carbocycles. The summed E-state index contributed by atoms with van der Waals surface area (Å²) in [6.45, 7) is 3.70. The number of rotatable bonds is 6. The van der Waals surface area contributed by atoms with Crippen LogP contribution < -0.4 is 10.5 Å². The molecule has 2 amide bonds. The first kappa shape index (κ1) is 26.3. The third-order valence-electron chi connectivity index (χ3n) is 8.39. The predicted octanol–water partition coefficient (Wildman–Crippen LogP) is 5.82. The molecule has 1 N–H and O–H groups in total. The van der Waals surface area contributed by atoms with Crippen molar-refractivity contribution >= 4 is 51.7 Å². The molecular formula is C33H25N3O5S. The number of benzene rings is 3. The van der Waals surface area contributed by atoms with E-state index in [0.29, 0.717) is 28.3 Å². The normalized spacial score (nSPS) is 17.0. The van der Waals surface area contributed by atoms with Crippen molar-refractivity contribution in [3.63, 3.8) is 0 Å². The summed E-state index contributed by atoms with van der Waals surface area (Å²) in [5.74, 6) is -2.48. The maximum absolute atomic E-state index is 13.5. The van der Waals surface area contributed by atoms with Gasteiger partial charge in [-0.15, -0.1) is 18.3 Å². The third kappa shape index (κ3) is 4.07. The number of nitrogens with one attached hydrogen (secondary N) is 1. The highest BCUT2D eigenvalue weighted by molar-refractivity contribution is 7.99. The molecule has 2 heterocycles. The van der Waals surface area contributed by atoms with Crippen LogP contribution in [0, 0.1) is 0 Å². The zero-order valence-corrected chi connectivity index (χ0v) is 23.3. The van der Waals surface area contributed by atoms with E-state index in [1.54, 1.807) is 30.3 Å². The Morgan fingerprint density at radius 2 is 1.50 bits per heavy atom. The van der Waals surface area contributed by atoms with E-state index < -0.39 is 34.9 Å². The fourth-order valence-corrected chi connectivity index (χ4v) is 6.96. The number of amides is 2. The van der Waals surface area contributed by atoms with Gasteiger partial charge in [0.15, 0.2) is 11.6 Å². The van der Waals surface area contributed by atoms with E-state index in [-0.39, 0.29) is 28.1 Å². The van der Waals surface area contributed by atoms with Gasteiger partial charge in [0, 0.05) is 21.8 Å². The molecule has 0 bridgehead atoms. The minimum absolute atomic E-state index is 0.0438. The Morgan fingerprint density at radius 1 is 0.857 bits per heavy atom. The summed E-state index contributed by atoms with van der Waals surface area (Å²) in [6, 6.07) is 15.3. The van der Waals surface area contributed by atoms with E-state index in [1.165, 1.54) is 42.3 Å². The van der Waals surface area contributed by atoms with E-state index >= 15 is 0 Å². The van der Waals surface area contributed by atoms with Crippen LogP contribution in [0.3, 0.4) is 0 Å². The number of carbonyl (C=O) groups excluding carboxylic acids is 4. The molecule has 4 aromatic rings. The molecule has 1 fully saturated rings. The molecule has 1 aliphatic heterocycles. The van der Waals surface area contributed by atoms with Crippen LogP contribution in [0.4, 0.5) is 5.69 Å². The Bertz CT molecular complexity index is 1870. The standard InChI is InChI=1S/C33H25N3O5S/c1-2-13-42-20-11-12-26-25(14-20)31(39)35-30(34-26)27-28(37)21-15-23-24(16-22(21)29(27)38)33(41)36(32(23)40)19-9-7-18(8-10-19)17-5-3-4-6-17/h2,7-12,14-17,27H,1,3-6,13H2,(H,34,35,39). The van der Waals surface area contributed by atoms with Crippen LogP contribution in [0.1, 0.15) is 90.3 Å². The first-order chi connectivity index (χ1) is 20.4. The van der Waals surface area contributed by atoms with Gasteiger partial charge in [0.25, 0.3) is 17.4 Å². The van der Waals surface area contributed by atoms with Crippen molar-refractivity contribution in [2.24, 2.45) is 0 Å². The molecule has 3 aromatic carbocycles. The van der Waals surface area contributed by atoms with E-state index in [4.69, 9.17) is 0 Å². The average molecular weight is 576 g/mol. The Kier molecular flexibility index (Phi) is 6.27. The lowest BCUT2D eigenvalue weighted by atomic mass is 9.97. The van der Waals surface area contributed by atoms with Crippen LogP contribution in [0.25, 0.3) is 10.9 Å². The molecule has 0 saturated heterocycles. The monoisotopic (exact) mass is 575 g/mol. The van der Waals surface area contributed by atoms with E-state index in [0.717, 1.165) is 22.6 Å². The number of nitrogens with zero attached hydrogens (tertiary/aromatic N) is 2. The smallest absolute Gasteiger partial charge is 0.266 e. The van der Waals surface area contributed by atoms with Crippen LogP contribution in [0.5, 0.6) is 0 Å². The highest BCUT2D eigenvalue weighted by Gasteiger charge is 2.46. The van der Waals surface area contributed by atoms with Gasteiger partial charge >= 0.3 is 0 Å². The number of Topliss-reactive ketones (excluding diaryl/α,β-unsaturated/α-hetero) is 2. The maximum atomic E-state index is 13.5. The zero-order valence-electron chi connectivity index (χ0n) is 22.5. The quantitative estimate of drug-likeness (QED) is 0.133. The number of H-pyrrole nitrogens is 1. The predicted molar refractivity (Wildman–Crippen MR) is 160 cm³/mol. The average Bonchev–Trinajstić information content (AvgIpc) is 3.68. The number of aromatic amines is 1. The first-order valence-corrected chi connectivity index (χ1v) is 14.9. The minimum atomic E-state index is -1.36. The van der Waals surface area contributed by atoms with Crippen LogP contribution in [0.2, 0.25) is 0 Å². The molecule has 1 saturated carbocycles. The summed E-state index contributed by atoms with van der Waals surface area (Å²) >= 11 is 1.52. The van der Waals surface area contributed by atoms with Crippen molar-refractivity contribution in [2.75, 3.05) is 10.7 Å². The van der Waals surface area contributed by atoms with Gasteiger partial charge in [-0.05, 0) is 66.8 Å². The summed E-state index contributed by atoms with van der Waals surface area (Å²) in [4.78, 5) is 75.8. The van der Waals surface area contributed by atoms with Crippen molar-refractivity contribution in [3.05, 3.63) is 111 Å². The number of imide groups is 1. The number of ketones is 2. The highest BCUT2D eigenvalue weighted by Crippen LogP contribution is 2.39. The third-order valence-corrected chi connectivity index (χ3v) is 9.38. The lowest BCUT2D eigenvalue weighted by molar-refractivity contribution is 0.0882. The molecule has 9 heteroatoms. The van der Waals surface area contributed by atoms with Crippen molar-refractivity contribution in [2.45, 2.75) is 42.4 Å². The van der Waals surface area contributed by atoms with Gasteiger partial charge in [-0.1, -0.05) is 31.1 Å². The zero-order chi connectivity index (χ0) is 29.1. The summed E-state index contributed by atoms with van der Waals surface area (Å²) in [7, 11) is 0. The Balaban J connectivity index is 1.20. The van der Waals surface area contributed by atoms with Crippen LogP contribution >= 0.6 is 11.8 Å². The van der Waals surface area contributed by atoms with Crippen LogP contribution in [0.15, 0.2) is 76.9 Å². The van der Waals surface area contributed by atoms with Crippen LogP contribution in [-0.4, -0.2) is 39.1 Å². The molecule has 0 radical (unpaired) electrons. The molecule has 1 aromatic heterocycles. The van der Waals surface area contributed by atoms with E-state index in [9.17, 15) is 24.0 Å². The second kappa shape index (κ2) is 10.0. The molecule has 0 spiro atoms.